The molecule has 3 N–H and O–H groups in total. The summed E-state index contributed by atoms with van der Waals surface area (Å²) < 4.78 is 19.2. The van der Waals surface area contributed by atoms with Gasteiger partial charge in [-0.3, -0.25) is 4.79 Å². The van der Waals surface area contributed by atoms with Crippen LogP contribution in [0.25, 0.3) is 10.9 Å². The number of benzene rings is 2. The maximum Gasteiger partial charge on any atom is 0.272 e. The van der Waals surface area contributed by atoms with Gasteiger partial charge >= 0.3 is 0 Å². The van der Waals surface area contributed by atoms with E-state index in [1.165, 1.54) is 12.1 Å². The Kier molecular flexibility index (Phi) is 4.44. The number of carbonyl (C=O) groups excluding carboxylic acids is 1. The van der Waals surface area contributed by atoms with E-state index in [9.17, 15) is 9.18 Å². The van der Waals surface area contributed by atoms with Gasteiger partial charge in [-0.15, -0.1) is 0 Å². The molecule has 4 rings (SSSR count). The zero-order chi connectivity index (χ0) is 18.1. The number of aromatic amines is 1. The lowest BCUT2D eigenvalue weighted by Gasteiger charge is -2.24. The van der Waals surface area contributed by atoms with Crippen LogP contribution in [0.5, 0.6) is 0 Å². The molecule has 1 unspecified atom stereocenters. The van der Waals surface area contributed by atoms with Crippen molar-refractivity contribution < 1.29 is 13.9 Å². The highest BCUT2D eigenvalue weighted by Crippen LogP contribution is 2.23. The van der Waals surface area contributed by atoms with Gasteiger partial charge in [-0.25, -0.2) is 4.39 Å². The normalized spacial score (nSPS) is 17.4. The van der Waals surface area contributed by atoms with E-state index in [0.717, 1.165) is 29.6 Å². The van der Waals surface area contributed by atoms with Gasteiger partial charge in [0.1, 0.15) is 11.5 Å². The second-order valence-electron chi connectivity index (χ2n) is 6.51. The van der Waals surface area contributed by atoms with Crippen LogP contribution in [0.4, 0.5) is 10.1 Å². The molecule has 0 saturated carbocycles. The quantitative estimate of drug-likeness (QED) is 0.675. The molecule has 134 valence electrons. The predicted molar refractivity (Wildman–Crippen MR) is 99.0 cm³/mol. The van der Waals surface area contributed by atoms with Gasteiger partial charge in [0.05, 0.1) is 12.7 Å². The van der Waals surface area contributed by atoms with Crippen molar-refractivity contribution in [2.24, 2.45) is 0 Å². The van der Waals surface area contributed by atoms with Crippen LogP contribution in [0.15, 0.2) is 42.5 Å². The Labute approximate surface area is 150 Å². The minimum absolute atomic E-state index is 0.0417. The second kappa shape index (κ2) is 6.90. The summed E-state index contributed by atoms with van der Waals surface area (Å²) in [6.45, 7) is 4.18. The third-order valence-corrected chi connectivity index (χ3v) is 4.62. The van der Waals surface area contributed by atoms with Crippen molar-refractivity contribution in [2.75, 3.05) is 25.0 Å². The Hall–Kier alpha value is -2.70. The first-order chi connectivity index (χ1) is 12.6. The van der Waals surface area contributed by atoms with Crippen LogP contribution in [-0.2, 0) is 4.74 Å². The van der Waals surface area contributed by atoms with Crippen LogP contribution in [0, 0.1) is 12.7 Å². The Bertz CT molecular complexity index is 944. The SMILES string of the molecule is Cc1cc(F)cc2[nH]c(C(=O)Nc3ccc(C4CNCCO4)cc3)cc12. The molecule has 1 aromatic heterocycles. The number of H-pyrrole nitrogens is 1. The number of ether oxygens (including phenoxy) is 1. The van der Waals surface area contributed by atoms with Crippen molar-refractivity contribution in [3.63, 3.8) is 0 Å². The number of hydrogen-bond acceptors (Lipinski definition) is 3. The molecular weight excluding hydrogens is 333 g/mol. The Morgan fingerprint density at radius 1 is 1.23 bits per heavy atom. The molecule has 6 heteroatoms. The van der Waals surface area contributed by atoms with Gasteiger partial charge in [0.25, 0.3) is 5.91 Å². The lowest BCUT2D eigenvalue weighted by molar-refractivity contribution is 0.0277. The number of morpholine rings is 1. The fourth-order valence-electron chi connectivity index (χ4n) is 3.26. The highest BCUT2D eigenvalue weighted by molar-refractivity contribution is 6.06. The van der Waals surface area contributed by atoms with E-state index < -0.39 is 0 Å². The number of hydrogen-bond donors (Lipinski definition) is 3. The van der Waals surface area contributed by atoms with Gasteiger partial charge in [-0.2, -0.15) is 0 Å². The molecule has 0 bridgehead atoms. The van der Waals surface area contributed by atoms with Crippen molar-refractivity contribution in [3.8, 4) is 0 Å². The molecule has 1 aliphatic rings. The predicted octanol–water partition coefficient (Wildman–Crippen LogP) is 3.53. The van der Waals surface area contributed by atoms with Crippen molar-refractivity contribution in [2.45, 2.75) is 13.0 Å². The standard InChI is InChI=1S/C20H20FN3O2/c1-12-8-14(21)9-17-16(12)10-18(24-17)20(25)23-15-4-2-13(3-5-15)19-11-22-6-7-26-19/h2-5,8-10,19,22,24H,6-7,11H2,1H3,(H,23,25). The number of aryl methyl sites for hydroxylation is 1. The maximum absolute atomic E-state index is 13.5. The van der Waals surface area contributed by atoms with Gasteiger partial charge in [0.15, 0.2) is 0 Å². The fourth-order valence-corrected chi connectivity index (χ4v) is 3.26. The maximum atomic E-state index is 13.5. The van der Waals surface area contributed by atoms with Gasteiger partial charge in [-0.05, 0) is 48.4 Å². The van der Waals surface area contributed by atoms with Gasteiger partial charge in [0.2, 0.25) is 0 Å². The summed E-state index contributed by atoms with van der Waals surface area (Å²) >= 11 is 0. The highest BCUT2D eigenvalue weighted by atomic mass is 19.1. The largest absolute Gasteiger partial charge is 0.371 e. The number of carbonyl (C=O) groups is 1. The monoisotopic (exact) mass is 353 g/mol. The van der Waals surface area contributed by atoms with Crippen LogP contribution in [0.1, 0.15) is 27.7 Å². The summed E-state index contributed by atoms with van der Waals surface area (Å²) in [7, 11) is 0. The summed E-state index contributed by atoms with van der Waals surface area (Å²) in [6, 6.07) is 12.2. The average Bonchev–Trinajstić information content (AvgIpc) is 3.08. The van der Waals surface area contributed by atoms with Gasteiger partial charge in [0, 0.05) is 29.7 Å². The third-order valence-electron chi connectivity index (χ3n) is 4.62. The zero-order valence-corrected chi connectivity index (χ0v) is 14.4. The Morgan fingerprint density at radius 3 is 2.77 bits per heavy atom. The van der Waals surface area contributed by atoms with E-state index in [1.54, 1.807) is 6.07 Å². The minimum Gasteiger partial charge on any atom is -0.371 e. The molecule has 2 aromatic carbocycles. The first-order valence-electron chi connectivity index (χ1n) is 8.62. The Balaban J connectivity index is 1.50. The van der Waals surface area contributed by atoms with Crippen molar-refractivity contribution in [1.82, 2.24) is 10.3 Å². The summed E-state index contributed by atoms with van der Waals surface area (Å²) in [6.07, 6.45) is 0.0417. The molecule has 1 saturated heterocycles. The summed E-state index contributed by atoms with van der Waals surface area (Å²) in [4.78, 5) is 15.5. The molecule has 0 aliphatic carbocycles. The van der Waals surface area contributed by atoms with Crippen LogP contribution < -0.4 is 10.6 Å². The van der Waals surface area contributed by atoms with Crippen LogP contribution in [-0.4, -0.2) is 30.6 Å². The van der Waals surface area contributed by atoms with E-state index in [2.05, 4.69) is 15.6 Å². The van der Waals surface area contributed by atoms with Crippen molar-refractivity contribution >= 4 is 22.5 Å². The average molecular weight is 353 g/mol. The lowest BCUT2D eigenvalue weighted by atomic mass is 10.1. The Morgan fingerprint density at radius 2 is 2.04 bits per heavy atom. The number of aromatic nitrogens is 1. The molecule has 1 atom stereocenters. The topological polar surface area (TPSA) is 66.2 Å². The first-order valence-corrected chi connectivity index (χ1v) is 8.62. The number of anilines is 1. The summed E-state index contributed by atoms with van der Waals surface area (Å²) in [5.74, 6) is -0.580. The van der Waals surface area contributed by atoms with Crippen LogP contribution in [0.3, 0.4) is 0 Å². The van der Waals surface area contributed by atoms with Gasteiger partial charge in [-0.1, -0.05) is 12.1 Å². The van der Waals surface area contributed by atoms with E-state index in [-0.39, 0.29) is 17.8 Å². The molecule has 2 heterocycles. The highest BCUT2D eigenvalue weighted by Gasteiger charge is 2.16. The van der Waals surface area contributed by atoms with Gasteiger partial charge < -0.3 is 20.4 Å². The van der Waals surface area contributed by atoms with Crippen LogP contribution in [0.2, 0.25) is 0 Å². The second-order valence-corrected chi connectivity index (χ2v) is 6.51. The van der Waals surface area contributed by atoms with Crippen LogP contribution >= 0.6 is 0 Å². The summed E-state index contributed by atoms with van der Waals surface area (Å²) in [5, 5.41) is 7.00. The zero-order valence-electron chi connectivity index (χ0n) is 14.4. The van der Waals surface area contributed by atoms with E-state index >= 15 is 0 Å². The lowest BCUT2D eigenvalue weighted by Crippen LogP contribution is -2.33. The number of rotatable bonds is 3. The smallest absolute Gasteiger partial charge is 0.272 e. The minimum atomic E-state index is -0.321. The molecule has 3 aromatic rings. The number of halogens is 1. The van der Waals surface area contributed by atoms with E-state index in [4.69, 9.17) is 4.74 Å². The molecule has 1 fully saturated rings. The summed E-state index contributed by atoms with van der Waals surface area (Å²) in [5.41, 5.74) is 3.58. The van der Waals surface area contributed by atoms with E-state index in [1.807, 2.05) is 31.2 Å². The molecular formula is C20H20FN3O2. The molecule has 1 aliphatic heterocycles. The molecule has 1 amide bonds. The number of fused-ring (bicyclic) bond motifs is 1. The molecule has 0 spiro atoms. The van der Waals surface area contributed by atoms with Crippen molar-refractivity contribution in [3.05, 3.63) is 65.1 Å². The van der Waals surface area contributed by atoms with Crippen molar-refractivity contribution in [1.29, 1.82) is 0 Å². The third kappa shape index (κ3) is 3.34. The first kappa shape index (κ1) is 16.8. The molecule has 26 heavy (non-hydrogen) atoms. The molecule has 0 radical (unpaired) electrons. The molecule has 5 nitrogen and oxygen atoms in total. The van der Waals surface area contributed by atoms with E-state index in [0.29, 0.717) is 23.5 Å². The number of nitrogens with one attached hydrogen (secondary N) is 3. The number of amides is 1. The fraction of sp³-hybridized carbons (Fsp3) is 0.250.